The van der Waals surface area contributed by atoms with Crippen LogP contribution in [0.2, 0.25) is 5.15 Å². The molecule has 0 aliphatic carbocycles. The molecule has 0 saturated carbocycles. The number of halogens is 1. The molecule has 35 heavy (non-hydrogen) atoms. The molecular formula is C26H28ClN5O3. The Kier molecular flexibility index (Phi) is 7.64. The molecule has 8 nitrogen and oxygen atoms in total. The molecule has 3 rings (SSSR count). The molecule has 2 heterocycles. The molecule has 0 amide bonds. The van der Waals surface area contributed by atoms with E-state index in [0.29, 0.717) is 33.6 Å². The van der Waals surface area contributed by atoms with Gasteiger partial charge in [0.05, 0.1) is 34.8 Å². The number of aliphatic hydroxyl groups is 1. The highest BCUT2D eigenvalue weighted by Crippen LogP contribution is 2.31. The molecule has 0 aliphatic heterocycles. The highest BCUT2D eigenvalue weighted by atomic mass is 35.5. The van der Waals surface area contributed by atoms with Crippen molar-refractivity contribution in [3.63, 3.8) is 0 Å². The molecule has 2 aromatic heterocycles. The zero-order valence-corrected chi connectivity index (χ0v) is 21.1. The van der Waals surface area contributed by atoms with Gasteiger partial charge in [0.1, 0.15) is 22.6 Å². The summed E-state index contributed by atoms with van der Waals surface area (Å²) in [6, 6.07) is 8.67. The molecule has 1 atom stereocenters. The van der Waals surface area contributed by atoms with Crippen molar-refractivity contribution in [3.8, 4) is 6.07 Å². The summed E-state index contributed by atoms with van der Waals surface area (Å²) in [7, 11) is 0. The topological polar surface area (TPSA) is 138 Å². The number of nitrogens with two attached hydrogens (primary N) is 1. The molecule has 1 unspecified atom stereocenters. The number of hydrogen-bond acceptors (Lipinski definition) is 8. The number of hydrogen-bond donors (Lipinski definition) is 3. The molecule has 1 aromatic carbocycles. The maximum Gasteiger partial charge on any atom is 0.196 e. The lowest BCUT2D eigenvalue weighted by atomic mass is 9.99. The second-order valence-electron chi connectivity index (χ2n) is 9.03. The summed E-state index contributed by atoms with van der Waals surface area (Å²) in [5.41, 5.74) is 8.18. The average Bonchev–Trinajstić information content (AvgIpc) is 2.79. The first kappa shape index (κ1) is 25.9. The van der Waals surface area contributed by atoms with Gasteiger partial charge in [0, 0.05) is 23.5 Å². The number of pyridine rings is 1. The van der Waals surface area contributed by atoms with E-state index in [1.54, 1.807) is 39.0 Å². The van der Waals surface area contributed by atoms with Gasteiger partial charge in [0.15, 0.2) is 11.1 Å². The summed E-state index contributed by atoms with van der Waals surface area (Å²) in [6.45, 7) is 8.92. The standard InChI is InChI=1S/C26H28ClN5O3/c1-14-8-18(16(3)31-20-6-7-22(27)32-21(20)11-29)25-19(9-14)23(33)15(2)24(35-25)17(10-28)12-30-13-26(4,5)34/h6-10,12,16,31,34H,13,28H2,1-5H3/b17-10+,30-12?. The lowest BCUT2D eigenvalue weighted by Gasteiger charge is -2.19. The van der Waals surface area contributed by atoms with Crippen LogP contribution in [0.15, 0.2) is 44.7 Å². The van der Waals surface area contributed by atoms with E-state index >= 15 is 0 Å². The molecule has 3 aromatic rings. The van der Waals surface area contributed by atoms with Crippen LogP contribution >= 0.6 is 11.6 Å². The Morgan fingerprint density at radius 3 is 2.74 bits per heavy atom. The Balaban J connectivity index is 2.14. The van der Waals surface area contributed by atoms with Crippen LogP contribution in [0.1, 0.15) is 55.0 Å². The van der Waals surface area contributed by atoms with Crippen LogP contribution in [-0.4, -0.2) is 28.5 Å². The number of aryl methyl sites for hydroxylation is 1. The predicted octanol–water partition coefficient (Wildman–Crippen LogP) is 4.64. The van der Waals surface area contributed by atoms with E-state index in [1.807, 2.05) is 26.0 Å². The van der Waals surface area contributed by atoms with Gasteiger partial charge in [0.2, 0.25) is 0 Å². The van der Waals surface area contributed by atoms with Gasteiger partial charge in [-0.25, -0.2) is 4.98 Å². The summed E-state index contributed by atoms with van der Waals surface area (Å²) >= 11 is 5.92. The van der Waals surface area contributed by atoms with Crippen molar-refractivity contribution < 1.29 is 9.52 Å². The van der Waals surface area contributed by atoms with Gasteiger partial charge in [0.25, 0.3) is 0 Å². The first-order valence-corrected chi connectivity index (χ1v) is 11.4. The van der Waals surface area contributed by atoms with E-state index < -0.39 is 5.60 Å². The zero-order valence-electron chi connectivity index (χ0n) is 20.3. The third kappa shape index (κ3) is 5.88. The number of nitrogens with one attached hydrogen (secondary N) is 1. The van der Waals surface area contributed by atoms with E-state index in [9.17, 15) is 15.2 Å². The highest BCUT2D eigenvalue weighted by Gasteiger charge is 2.20. The van der Waals surface area contributed by atoms with Crippen molar-refractivity contribution in [3.05, 3.63) is 74.0 Å². The number of anilines is 1. The lowest BCUT2D eigenvalue weighted by Crippen LogP contribution is -2.22. The first-order valence-electron chi connectivity index (χ1n) is 11.0. The number of nitrogens with zero attached hydrogens (tertiary/aromatic N) is 3. The highest BCUT2D eigenvalue weighted by molar-refractivity contribution is 6.29. The Hall–Kier alpha value is -3.67. The summed E-state index contributed by atoms with van der Waals surface area (Å²) in [4.78, 5) is 21.6. The van der Waals surface area contributed by atoms with Crippen molar-refractivity contribution in [2.45, 2.75) is 46.3 Å². The fraction of sp³-hybridized carbons (Fsp3) is 0.308. The minimum Gasteiger partial charge on any atom is -0.455 e. The lowest BCUT2D eigenvalue weighted by molar-refractivity contribution is 0.0906. The Bertz CT molecular complexity index is 1430. The molecule has 0 bridgehead atoms. The van der Waals surface area contributed by atoms with Crippen molar-refractivity contribution in [1.29, 1.82) is 5.26 Å². The number of aliphatic imine (C=N–C) groups is 1. The van der Waals surface area contributed by atoms with Crippen molar-refractivity contribution in [1.82, 2.24) is 4.98 Å². The third-order valence-electron chi connectivity index (χ3n) is 5.35. The van der Waals surface area contributed by atoms with Gasteiger partial charge in [-0.3, -0.25) is 9.79 Å². The number of benzene rings is 1. The van der Waals surface area contributed by atoms with E-state index in [2.05, 4.69) is 15.3 Å². The van der Waals surface area contributed by atoms with Crippen molar-refractivity contribution >= 4 is 40.0 Å². The van der Waals surface area contributed by atoms with Crippen LogP contribution < -0.4 is 16.5 Å². The van der Waals surface area contributed by atoms with Crippen LogP contribution in [-0.2, 0) is 0 Å². The number of nitriles is 1. The molecule has 0 fully saturated rings. The smallest absolute Gasteiger partial charge is 0.196 e. The molecule has 0 aliphatic rings. The number of allylic oxidation sites excluding steroid dienone is 1. The fourth-order valence-electron chi connectivity index (χ4n) is 3.66. The Labute approximate surface area is 208 Å². The van der Waals surface area contributed by atoms with Gasteiger partial charge in [-0.2, -0.15) is 5.26 Å². The molecule has 9 heteroatoms. The van der Waals surface area contributed by atoms with Gasteiger partial charge in [-0.15, -0.1) is 0 Å². The Morgan fingerprint density at radius 2 is 2.11 bits per heavy atom. The maximum absolute atomic E-state index is 13.3. The fourth-order valence-corrected chi connectivity index (χ4v) is 3.80. The third-order valence-corrected chi connectivity index (χ3v) is 5.56. The minimum absolute atomic E-state index is 0.156. The van der Waals surface area contributed by atoms with Gasteiger partial charge in [-0.1, -0.05) is 17.7 Å². The normalized spacial score (nSPS) is 13.3. The largest absolute Gasteiger partial charge is 0.455 e. The predicted molar refractivity (Wildman–Crippen MR) is 140 cm³/mol. The average molecular weight is 494 g/mol. The zero-order chi connectivity index (χ0) is 25.9. The van der Waals surface area contributed by atoms with Crippen LogP contribution in [0.4, 0.5) is 5.69 Å². The summed E-state index contributed by atoms with van der Waals surface area (Å²) < 4.78 is 6.29. The van der Waals surface area contributed by atoms with Crippen molar-refractivity contribution in [2.24, 2.45) is 10.7 Å². The van der Waals surface area contributed by atoms with Crippen molar-refractivity contribution in [2.75, 3.05) is 11.9 Å². The van der Waals surface area contributed by atoms with Crippen LogP contribution in [0, 0.1) is 25.2 Å². The monoisotopic (exact) mass is 493 g/mol. The molecule has 4 N–H and O–H groups in total. The summed E-state index contributed by atoms with van der Waals surface area (Å²) in [5, 5.41) is 23.3. The molecule has 0 spiro atoms. The van der Waals surface area contributed by atoms with E-state index in [0.717, 1.165) is 11.1 Å². The number of aromatic nitrogens is 1. The van der Waals surface area contributed by atoms with E-state index in [4.69, 9.17) is 21.8 Å². The van der Waals surface area contributed by atoms with Crippen LogP contribution in [0.25, 0.3) is 16.5 Å². The maximum atomic E-state index is 13.3. The van der Waals surface area contributed by atoms with Crippen LogP contribution in [0.5, 0.6) is 0 Å². The van der Waals surface area contributed by atoms with Gasteiger partial charge in [-0.05, 0) is 58.4 Å². The Morgan fingerprint density at radius 1 is 1.40 bits per heavy atom. The molecule has 0 saturated heterocycles. The SMILES string of the molecule is Cc1cc(C(C)Nc2ccc(Cl)nc2C#N)c2oc(/C(C=NCC(C)(C)O)=C/N)c(C)c(=O)c2c1. The number of rotatable bonds is 7. The second-order valence-corrected chi connectivity index (χ2v) is 9.42. The minimum atomic E-state index is -0.986. The van der Waals surface area contributed by atoms with Crippen LogP contribution in [0.3, 0.4) is 0 Å². The van der Waals surface area contributed by atoms with E-state index in [1.165, 1.54) is 12.4 Å². The first-order chi connectivity index (χ1) is 16.4. The quantitative estimate of drug-likeness (QED) is 0.322. The summed E-state index contributed by atoms with van der Waals surface area (Å²) in [6.07, 6.45) is 2.81. The van der Waals surface area contributed by atoms with Gasteiger partial charge < -0.3 is 20.6 Å². The summed E-state index contributed by atoms with van der Waals surface area (Å²) in [5.74, 6) is 0.299. The molecule has 0 radical (unpaired) electrons. The van der Waals surface area contributed by atoms with E-state index in [-0.39, 0.29) is 28.9 Å². The molecule has 182 valence electrons. The molecular weight excluding hydrogens is 466 g/mol. The van der Waals surface area contributed by atoms with Gasteiger partial charge >= 0.3 is 0 Å². The number of fused-ring (bicyclic) bond motifs is 1. The second kappa shape index (κ2) is 10.3.